The van der Waals surface area contributed by atoms with Crippen LogP contribution in [-0.2, 0) is 0 Å². The van der Waals surface area contributed by atoms with E-state index in [0.29, 0.717) is 6.42 Å². The molecule has 1 atom stereocenters. The zero-order chi connectivity index (χ0) is 13.0. The minimum atomic E-state index is -1.57. The number of halogens is 3. The fourth-order valence-electron chi connectivity index (χ4n) is 1.28. The van der Waals surface area contributed by atoms with Crippen LogP contribution in [-0.4, -0.2) is 17.1 Å². The molecular weight excluding hydrogens is 235 g/mol. The number of nitrogens with zero attached hydrogens (tertiary/aromatic N) is 1. The first-order valence-corrected chi connectivity index (χ1v) is 4.88. The number of rotatable bonds is 4. The number of hydrogen-bond donors (Lipinski definition) is 3. The second-order valence-electron chi connectivity index (χ2n) is 3.35. The smallest absolute Gasteiger partial charge is 0.196 e. The van der Waals surface area contributed by atoms with E-state index in [-0.39, 0.29) is 11.5 Å². The van der Waals surface area contributed by atoms with Crippen LogP contribution < -0.4 is 11.1 Å². The van der Waals surface area contributed by atoms with Gasteiger partial charge in [0.15, 0.2) is 23.3 Å². The van der Waals surface area contributed by atoms with Crippen molar-refractivity contribution in [1.29, 1.82) is 0 Å². The summed E-state index contributed by atoms with van der Waals surface area (Å²) in [5.41, 5.74) is 5.09. The van der Waals surface area contributed by atoms with Crippen LogP contribution in [0.3, 0.4) is 0 Å². The van der Waals surface area contributed by atoms with Gasteiger partial charge in [0.25, 0.3) is 0 Å². The highest BCUT2D eigenvalue weighted by Crippen LogP contribution is 2.20. The largest absolute Gasteiger partial charge is 0.409 e. The minimum absolute atomic E-state index is 0.170. The van der Waals surface area contributed by atoms with Gasteiger partial charge in [-0.15, -0.1) is 0 Å². The molecule has 0 aliphatic carbocycles. The van der Waals surface area contributed by atoms with Gasteiger partial charge in [0, 0.05) is 0 Å². The summed E-state index contributed by atoms with van der Waals surface area (Å²) in [6, 6.07) is 1.17. The molecule has 0 amide bonds. The molecule has 0 fully saturated rings. The molecule has 0 heterocycles. The second-order valence-corrected chi connectivity index (χ2v) is 3.35. The third-order valence-corrected chi connectivity index (χ3v) is 2.25. The van der Waals surface area contributed by atoms with Crippen molar-refractivity contribution in [3.8, 4) is 0 Å². The van der Waals surface area contributed by atoms with Crippen molar-refractivity contribution in [2.45, 2.75) is 19.4 Å². The van der Waals surface area contributed by atoms with Gasteiger partial charge in [-0.2, -0.15) is 0 Å². The second kappa shape index (κ2) is 5.42. The highest BCUT2D eigenvalue weighted by atomic mass is 19.2. The van der Waals surface area contributed by atoms with Gasteiger partial charge in [0.05, 0.1) is 11.7 Å². The lowest BCUT2D eigenvalue weighted by molar-refractivity contribution is 0.316. The van der Waals surface area contributed by atoms with Crippen LogP contribution in [0.1, 0.15) is 13.3 Å². The number of hydrogen-bond acceptors (Lipinski definition) is 3. The first-order valence-electron chi connectivity index (χ1n) is 4.88. The Labute approximate surface area is 95.9 Å². The van der Waals surface area contributed by atoms with E-state index in [2.05, 4.69) is 10.5 Å². The number of amidine groups is 1. The maximum absolute atomic E-state index is 13.3. The summed E-state index contributed by atoms with van der Waals surface area (Å²) in [5, 5.41) is 13.8. The normalized spacial score (nSPS) is 13.5. The molecule has 0 aromatic heterocycles. The van der Waals surface area contributed by atoms with E-state index in [4.69, 9.17) is 10.9 Å². The molecule has 0 aliphatic heterocycles. The molecule has 7 heteroatoms. The van der Waals surface area contributed by atoms with Crippen molar-refractivity contribution in [1.82, 2.24) is 0 Å². The highest BCUT2D eigenvalue weighted by Gasteiger charge is 2.17. The Hall–Kier alpha value is -1.92. The summed E-state index contributed by atoms with van der Waals surface area (Å²) in [6.07, 6.45) is 0.383. The molecule has 1 aromatic rings. The Kier molecular flexibility index (Phi) is 4.19. The fraction of sp³-hybridized carbons (Fsp3) is 0.300. The summed E-state index contributed by atoms with van der Waals surface area (Å²) in [7, 11) is 0. The van der Waals surface area contributed by atoms with Gasteiger partial charge < -0.3 is 16.3 Å². The summed E-state index contributed by atoms with van der Waals surface area (Å²) in [6.45, 7) is 1.70. The van der Waals surface area contributed by atoms with Crippen molar-refractivity contribution in [2.24, 2.45) is 10.9 Å². The number of anilines is 1. The molecule has 1 aromatic carbocycles. The maximum Gasteiger partial charge on any atom is 0.196 e. The monoisotopic (exact) mass is 247 g/mol. The molecule has 1 rings (SSSR count). The van der Waals surface area contributed by atoms with E-state index in [9.17, 15) is 13.2 Å². The van der Waals surface area contributed by atoms with Gasteiger partial charge in [-0.05, 0) is 18.6 Å². The lowest BCUT2D eigenvalue weighted by Crippen LogP contribution is -2.35. The van der Waals surface area contributed by atoms with E-state index in [0.717, 1.165) is 12.1 Å². The topological polar surface area (TPSA) is 70.6 Å². The van der Waals surface area contributed by atoms with Crippen molar-refractivity contribution >= 4 is 11.5 Å². The number of nitrogens with one attached hydrogen (secondary N) is 1. The summed E-state index contributed by atoms with van der Waals surface area (Å²) >= 11 is 0. The van der Waals surface area contributed by atoms with Crippen molar-refractivity contribution in [3.05, 3.63) is 29.6 Å². The highest BCUT2D eigenvalue weighted by molar-refractivity contribution is 5.87. The minimum Gasteiger partial charge on any atom is -0.409 e. The van der Waals surface area contributed by atoms with E-state index in [1.165, 1.54) is 0 Å². The van der Waals surface area contributed by atoms with E-state index >= 15 is 0 Å². The zero-order valence-corrected chi connectivity index (χ0v) is 9.04. The third kappa shape index (κ3) is 2.80. The summed E-state index contributed by atoms with van der Waals surface area (Å²) in [4.78, 5) is 0. The Morgan fingerprint density at radius 3 is 2.59 bits per heavy atom. The van der Waals surface area contributed by atoms with E-state index < -0.39 is 23.5 Å². The first-order chi connectivity index (χ1) is 8.01. The van der Waals surface area contributed by atoms with E-state index in [1.807, 2.05) is 0 Å². The van der Waals surface area contributed by atoms with Gasteiger partial charge in [-0.1, -0.05) is 12.1 Å². The van der Waals surface area contributed by atoms with Crippen LogP contribution in [0.25, 0.3) is 0 Å². The number of benzene rings is 1. The van der Waals surface area contributed by atoms with Crippen LogP contribution in [0.4, 0.5) is 18.9 Å². The van der Waals surface area contributed by atoms with Crippen LogP contribution in [0.2, 0.25) is 0 Å². The number of oxime groups is 1. The summed E-state index contributed by atoms with van der Waals surface area (Å²) in [5.74, 6) is -4.35. The molecule has 4 nitrogen and oxygen atoms in total. The molecule has 0 radical (unpaired) electrons. The molecular formula is C10H12F3N3O. The SMILES string of the molecule is CCC(Nc1ccc(F)c(F)c1F)C(N)=NO. The standard InChI is InChI=1S/C10H12F3N3O/c1-2-6(10(14)16-17)15-7-4-3-5(11)8(12)9(7)13/h3-4,6,15,17H,2H2,1H3,(H2,14,16). The summed E-state index contributed by atoms with van der Waals surface area (Å²) < 4.78 is 38.9. The lowest BCUT2D eigenvalue weighted by atomic mass is 10.2. The number of nitrogens with two attached hydrogens (primary N) is 1. The van der Waals surface area contributed by atoms with Crippen LogP contribution in [0.5, 0.6) is 0 Å². The van der Waals surface area contributed by atoms with Crippen LogP contribution in [0, 0.1) is 17.5 Å². The molecule has 0 aliphatic rings. The van der Waals surface area contributed by atoms with Crippen molar-refractivity contribution < 1.29 is 18.4 Å². The molecule has 0 bridgehead atoms. The third-order valence-electron chi connectivity index (χ3n) is 2.25. The molecule has 0 spiro atoms. The van der Waals surface area contributed by atoms with Crippen LogP contribution >= 0.6 is 0 Å². The van der Waals surface area contributed by atoms with Gasteiger partial charge >= 0.3 is 0 Å². The molecule has 0 saturated heterocycles. The predicted octanol–water partition coefficient (Wildman–Crippen LogP) is 2.04. The van der Waals surface area contributed by atoms with Gasteiger partial charge in [-0.25, -0.2) is 13.2 Å². The molecule has 17 heavy (non-hydrogen) atoms. The van der Waals surface area contributed by atoms with Gasteiger partial charge in [-0.3, -0.25) is 0 Å². The zero-order valence-electron chi connectivity index (χ0n) is 9.04. The fourth-order valence-corrected chi connectivity index (χ4v) is 1.28. The van der Waals surface area contributed by atoms with Gasteiger partial charge in [0.2, 0.25) is 0 Å². The average Bonchev–Trinajstić information content (AvgIpc) is 2.34. The van der Waals surface area contributed by atoms with Crippen LogP contribution in [0.15, 0.2) is 17.3 Å². The Morgan fingerprint density at radius 2 is 2.06 bits per heavy atom. The van der Waals surface area contributed by atoms with Crippen molar-refractivity contribution in [2.75, 3.05) is 5.32 Å². The average molecular weight is 247 g/mol. The molecule has 4 N–H and O–H groups in total. The lowest BCUT2D eigenvalue weighted by Gasteiger charge is -2.17. The molecule has 94 valence electrons. The molecule has 1 unspecified atom stereocenters. The first kappa shape index (κ1) is 13.1. The van der Waals surface area contributed by atoms with Gasteiger partial charge in [0.1, 0.15) is 0 Å². The Bertz CT molecular complexity index is 437. The maximum atomic E-state index is 13.3. The Morgan fingerprint density at radius 1 is 1.41 bits per heavy atom. The predicted molar refractivity (Wildman–Crippen MR) is 57.4 cm³/mol. The quantitative estimate of drug-likeness (QED) is 0.251. The van der Waals surface area contributed by atoms with Crippen molar-refractivity contribution in [3.63, 3.8) is 0 Å². The molecule has 0 saturated carbocycles. The van der Waals surface area contributed by atoms with E-state index in [1.54, 1.807) is 6.92 Å². The Balaban J connectivity index is 2.99.